The van der Waals surface area contributed by atoms with Gasteiger partial charge in [-0.3, -0.25) is 4.79 Å². The van der Waals surface area contributed by atoms with E-state index in [-0.39, 0.29) is 11.2 Å². The number of nitrogens with one attached hydrogen (secondary N) is 1. The van der Waals surface area contributed by atoms with Gasteiger partial charge in [-0.1, -0.05) is 13.3 Å². The maximum atomic E-state index is 11.6. The molecule has 1 rings (SSSR count). The fourth-order valence-electron chi connectivity index (χ4n) is 1.39. The minimum absolute atomic E-state index is 0.225. The monoisotopic (exact) mass is 201 g/mol. The molecule has 1 saturated heterocycles. The summed E-state index contributed by atoms with van der Waals surface area (Å²) in [6.45, 7) is 4.16. The second-order valence-electron chi connectivity index (χ2n) is 3.67. The Kier molecular flexibility index (Phi) is 4.64. The quantitative estimate of drug-likeness (QED) is 0.758. The van der Waals surface area contributed by atoms with Gasteiger partial charge in [0.15, 0.2) is 0 Å². The Morgan fingerprint density at radius 1 is 1.62 bits per heavy atom. The summed E-state index contributed by atoms with van der Waals surface area (Å²) < 4.78 is 0. The van der Waals surface area contributed by atoms with Gasteiger partial charge >= 0.3 is 0 Å². The van der Waals surface area contributed by atoms with Gasteiger partial charge in [0.1, 0.15) is 0 Å². The van der Waals surface area contributed by atoms with Crippen LogP contribution < -0.4 is 5.32 Å². The highest BCUT2D eigenvalue weighted by Crippen LogP contribution is 2.25. The Morgan fingerprint density at radius 2 is 2.38 bits per heavy atom. The van der Waals surface area contributed by atoms with Gasteiger partial charge in [-0.05, 0) is 31.9 Å². The van der Waals surface area contributed by atoms with Crippen molar-refractivity contribution in [1.29, 1.82) is 0 Å². The highest BCUT2D eigenvalue weighted by atomic mass is 32.2. The summed E-state index contributed by atoms with van der Waals surface area (Å²) in [5.74, 6) is 1.40. The molecule has 0 saturated carbocycles. The molecule has 0 aromatic heterocycles. The van der Waals surface area contributed by atoms with Gasteiger partial charge in [0.25, 0.3) is 0 Å². The van der Waals surface area contributed by atoms with Crippen LogP contribution in [0.3, 0.4) is 0 Å². The summed E-state index contributed by atoms with van der Waals surface area (Å²) >= 11 is 1.81. The first kappa shape index (κ1) is 10.9. The molecule has 1 N–H and O–H groups in total. The van der Waals surface area contributed by atoms with E-state index in [0.29, 0.717) is 6.04 Å². The first-order chi connectivity index (χ1) is 6.24. The van der Waals surface area contributed by atoms with E-state index in [9.17, 15) is 4.79 Å². The molecule has 13 heavy (non-hydrogen) atoms. The van der Waals surface area contributed by atoms with Gasteiger partial charge in [-0.25, -0.2) is 0 Å². The van der Waals surface area contributed by atoms with Crippen molar-refractivity contribution in [3.8, 4) is 0 Å². The van der Waals surface area contributed by atoms with E-state index in [1.165, 1.54) is 12.8 Å². The molecule has 1 amide bonds. The third-order valence-corrected chi connectivity index (χ3v) is 3.85. The predicted molar refractivity (Wildman–Crippen MR) is 58.0 cm³/mol. The van der Waals surface area contributed by atoms with Crippen LogP contribution in [0.4, 0.5) is 0 Å². The molecule has 1 aliphatic heterocycles. The van der Waals surface area contributed by atoms with E-state index in [0.717, 1.165) is 18.6 Å². The minimum atomic E-state index is 0.225. The van der Waals surface area contributed by atoms with Gasteiger partial charge in [-0.2, -0.15) is 0 Å². The predicted octanol–water partition coefficient (Wildman–Crippen LogP) is 2.19. The number of amides is 1. The molecule has 0 spiro atoms. The summed E-state index contributed by atoms with van der Waals surface area (Å²) in [6.07, 6.45) is 4.57. The zero-order valence-corrected chi connectivity index (χ0v) is 9.32. The van der Waals surface area contributed by atoms with Crippen molar-refractivity contribution in [2.24, 2.45) is 0 Å². The molecule has 1 heterocycles. The SMILES string of the molecule is CCC(C)NC(=O)C1CCCCS1. The van der Waals surface area contributed by atoms with Crippen molar-refractivity contribution >= 4 is 17.7 Å². The molecule has 0 radical (unpaired) electrons. The largest absolute Gasteiger partial charge is 0.353 e. The van der Waals surface area contributed by atoms with E-state index >= 15 is 0 Å². The molecular formula is C10H19NOS. The highest BCUT2D eigenvalue weighted by molar-refractivity contribution is 8.00. The van der Waals surface area contributed by atoms with E-state index in [1.54, 1.807) is 0 Å². The maximum Gasteiger partial charge on any atom is 0.233 e. The smallest absolute Gasteiger partial charge is 0.233 e. The third kappa shape index (κ3) is 3.59. The first-order valence-electron chi connectivity index (χ1n) is 5.16. The number of rotatable bonds is 3. The van der Waals surface area contributed by atoms with E-state index in [4.69, 9.17) is 0 Å². The lowest BCUT2D eigenvalue weighted by molar-refractivity contribution is -0.121. The fraction of sp³-hybridized carbons (Fsp3) is 0.900. The number of carbonyl (C=O) groups is 1. The lowest BCUT2D eigenvalue weighted by Crippen LogP contribution is -2.39. The Hall–Kier alpha value is -0.180. The molecule has 2 unspecified atom stereocenters. The zero-order valence-electron chi connectivity index (χ0n) is 8.51. The Morgan fingerprint density at radius 3 is 2.92 bits per heavy atom. The van der Waals surface area contributed by atoms with Crippen molar-refractivity contribution in [2.75, 3.05) is 5.75 Å². The highest BCUT2D eigenvalue weighted by Gasteiger charge is 2.22. The van der Waals surface area contributed by atoms with Crippen molar-refractivity contribution in [3.63, 3.8) is 0 Å². The van der Waals surface area contributed by atoms with E-state index < -0.39 is 0 Å². The summed E-state index contributed by atoms with van der Waals surface area (Å²) in [6, 6.07) is 0.329. The van der Waals surface area contributed by atoms with Crippen LogP contribution in [0.5, 0.6) is 0 Å². The molecule has 76 valence electrons. The molecule has 1 aliphatic rings. The number of hydrogen-bond donors (Lipinski definition) is 1. The van der Waals surface area contributed by atoms with Crippen molar-refractivity contribution < 1.29 is 4.79 Å². The zero-order chi connectivity index (χ0) is 9.68. The first-order valence-corrected chi connectivity index (χ1v) is 6.21. The Bertz CT molecular complexity index is 166. The van der Waals surface area contributed by atoms with E-state index in [1.807, 2.05) is 11.8 Å². The summed E-state index contributed by atoms with van der Waals surface area (Å²) in [5, 5.41) is 3.26. The molecule has 3 heteroatoms. The molecular weight excluding hydrogens is 182 g/mol. The molecule has 0 bridgehead atoms. The Labute approximate surface area is 84.9 Å². The Balaban J connectivity index is 2.29. The van der Waals surface area contributed by atoms with Crippen LogP contribution in [0.15, 0.2) is 0 Å². The van der Waals surface area contributed by atoms with Crippen molar-refractivity contribution in [2.45, 2.75) is 50.8 Å². The van der Waals surface area contributed by atoms with Crippen LogP contribution in [-0.2, 0) is 4.79 Å². The molecule has 2 nitrogen and oxygen atoms in total. The summed E-state index contributed by atoms with van der Waals surface area (Å²) in [4.78, 5) is 11.6. The second kappa shape index (κ2) is 5.53. The summed E-state index contributed by atoms with van der Waals surface area (Å²) in [7, 11) is 0. The van der Waals surface area contributed by atoms with Gasteiger partial charge in [0, 0.05) is 6.04 Å². The summed E-state index contributed by atoms with van der Waals surface area (Å²) in [5.41, 5.74) is 0. The van der Waals surface area contributed by atoms with E-state index in [2.05, 4.69) is 19.2 Å². The van der Waals surface area contributed by atoms with Gasteiger partial charge < -0.3 is 5.32 Å². The minimum Gasteiger partial charge on any atom is -0.353 e. The average Bonchev–Trinajstić information content (AvgIpc) is 2.19. The van der Waals surface area contributed by atoms with Crippen LogP contribution in [0, 0.1) is 0 Å². The third-order valence-electron chi connectivity index (χ3n) is 2.47. The van der Waals surface area contributed by atoms with Gasteiger partial charge in [0.2, 0.25) is 5.91 Å². The molecule has 0 aromatic rings. The topological polar surface area (TPSA) is 29.1 Å². The van der Waals surface area contributed by atoms with Crippen molar-refractivity contribution in [3.05, 3.63) is 0 Å². The van der Waals surface area contributed by atoms with Gasteiger partial charge in [-0.15, -0.1) is 11.8 Å². The van der Waals surface area contributed by atoms with Crippen LogP contribution >= 0.6 is 11.8 Å². The average molecular weight is 201 g/mol. The normalized spacial score (nSPS) is 25.2. The fourth-order valence-corrected chi connectivity index (χ4v) is 2.59. The van der Waals surface area contributed by atoms with Crippen LogP contribution in [-0.4, -0.2) is 23.0 Å². The number of thioether (sulfide) groups is 1. The number of carbonyl (C=O) groups excluding carboxylic acids is 1. The molecule has 1 fully saturated rings. The molecule has 0 aliphatic carbocycles. The number of hydrogen-bond acceptors (Lipinski definition) is 2. The lowest BCUT2D eigenvalue weighted by Gasteiger charge is -2.22. The van der Waals surface area contributed by atoms with Crippen molar-refractivity contribution in [1.82, 2.24) is 5.32 Å². The van der Waals surface area contributed by atoms with Crippen LogP contribution in [0.25, 0.3) is 0 Å². The second-order valence-corrected chi connectivity index (χ2v) is 4.98. The van der Waals surface area contributed by atoms with Crippen LogP contribution in [0.1, 0.15) is 39.5 Å². The standard InChI is InChI=1S/C10H19NOS/c1-3-8(2)11-10(12)9-6-4-5-7-13-9/h8-9H,3-7H2,1-2H3,(H,11,12). The maximum absolute atomic E-state index is 11.6. The lowest BCUT2D eigenvalue weighted by atomic mass is 10.1. The van der Waals surface area contributed by atoms with Gasteiger partial charge in [0.05, 0.1) is 5.25 Å². The van der Waals surface area contributed by atoms with Crippen LogP contribution in [0.2, 0.25) is 0 Å². The molecule has 2 atom stereocenters. The molecule has 0 aromatic carbocycles.